The summed E-state index contributed by atoms with van der Waals surface area (Å²) in [4.78, 5) is 16.0. The Labute approximate surface area is 154 Å². The molecule has 0 spiro atoms. The van der Waals surface area contributed by atoms with Crippen molar-refractivity contribution < 1.29 is 0 Å². The quantitative estimate of drug-likeness (QED) is 0.769. The lowest BCUT2D eigenvalue weighted by atomic mass is 10.0. The number of hydrogen-bond donors (Lipinski definition) is 1. The second-order valence-corrected chi connectivity index (χ2v) is 7.76. The van der Waals surface area contributed by atoms with Crippen molar-refractivity contribution in [3.05, 3.63) is 33.7 Å². The number of aromatic nitrogens is 3. The van der Waals surface area contributed by atoms with Gasteiger partial charge in [0.1, 0.15) is 11.6 Å². The van der Waals surface area contributed by atoms with Gasteiger partial charge in [0, 0.05) is 48.4 Å². The average molecular weight is 360 g/mol. The van der Waals surface area contributed by atoms with E-state index in [1.165, 1.54) is 23.4 Å². The van der Waals surface area contributed by atoms with Gasteiger partial charge in [-0.25, -0.2) is 15.0 Å². The zero-order chi connectivity index (χ0) is 17.6. The topological polar surface area (TPSA) is 53.9 Å². The molecule has 0 unspecified atom stereocenters. The van der Waals surface area contributed by atoms with Crippen molar-refractivity contribution in [1.82, 2.24) is 20.3 Å². The van der Waals surface area contributed by atoms with Gasteiger partial charge in [-0.15, -0.1) is 11.3 Å². The molecule has 0 saturated carbocycles. The Bertz CT molecular complexity index is 676. The number of rotatable bonds is 7. The molecule has 5 nitrogen and oxygen atoms in total. The van der Waals surface area contributed by atoms with E-state index in [-0.39, 0.29) is 0 Å². The lowest BCUT2D eigenvalue weighted by Gasteiger charge is -2.34. The summed E-state index contributed by atoms with van der Waals surface area (Å²) >= 11 is 1.78. The van der Waals surface area contributed by atoms with E-state index in [0.717, 1.165) is 56.2 Å². The number of thiazole rings is 1. The lowest BCUT2D eigenvalue weighted by molar-refractivity contribution is 0.411. The Morgan fingerprint density at radius 2 is 2.04 bits per heavy atom. The van der Waals surface area contributed by atoms with Gasteiger partial charge < -0.3 is 10.2 Å². The van der Waals surface area contributed by atoms with Gasteiger partial charge in [0.05, 0.1) is 5.01 Å². The van der Waals surface area contributed by atoms with Gasteiger partial charge in [-0.3, -0.25) is 0 Å². The van der Waals surface area contributed by atoms with Gasteiger partial charge in [-0.1, -0.05) is 6.92 Å². The van der Waals surface area contributed by atoms with Crippen LogP contribution in [0.5, 0.6) is 0 Å². The number of piperidine rings is 1. The largest absolute Gasteiger partial charge is 0.356 e. The van der Waals surface area contributed by atoms with Gasteiger partial charge in [-0.2, -0.15) is 0 Å². The summed E-state index contributed by atoms with van der Waals surface area (Å²) in [5.41, 5.74) is 2.41. The predicted molar refractivity (Wildman–Crippen MR) is 105 cm³/mol. The molecule has 0 amide bonds. The fraction of sp³-hybridized carbons (Fsp3) is 0.632. The van der Waals surface area contributed by atoms with Crippen LogP contribution in [0.2, 0.25) is 0 Å². The molecule has 0 aromatic carbocycles. The van der Waals surface area contributed by atoms with E-state index >= 15 is 0 Å². The van der Waals surface area contributed by atoms with Crippen LogP contribution in [-0.2, 0) is 12.8 Å². The molecule has 1 saturated heterocycles. The molecular weight excluding hydrogens is 330 g/mol. The molecule has 0 aliphatic carbocycles. The van der Waals surface area contributed by atoms with Crippen LogP contribution in [0.1, 0.15) is 48.3 Å². The Kier molecular flexibility index (Phi) is 6.37. The fourth-order valence-corrected chi connectivity index (χ4v) is 4.18. The van der Waals surface area contributed by atoms with E-state index in [1.807, 2.05) is 13.1 Å². The van der Waals surface area contributed by atoms with Crippen LogP contribution in [0.4, 0.5) is 5.82 Å². The van der Waals surface area contributed by atoms with Gasteiger partial charge in [0.15, 0.2) is 0 Å². The first-order chi connectivity index (χ1) is 12.2. The summed E-state index contributed by atoms with van der Waals surface area (Å²) in [6.45, 7) is 9.45. The number of nitrogens with zero attached hydrogens (tertiary/aromatic N) is 4. The second-order valence-electron chi connectivity index (χ2n) is 6.82. The molecule has 3 heterocycles. The predicted octanol–water partition coefficient (Wildman–Crippen LogP) is 3.30. The van der Waals surface area contributed by atoms with Crippen LogP contribution in [0.3, 0.4) is 0 Å². The summed E-state index contributed by atoms with van der Waals surface area (Å²) in [6.07, 6.45) is 7.60. The van der Waals surface area contributed by atoms with Crippen molar-refractivity contribution in [2.24, 2.45) is 0 Å². The smallest absolute Gasteiger partial charge is 0.135 e. The van der Waals surface area contributed by atoms with Crippen molar-refractivity contribution in [3.63, 3.8) is 0 Å². The summed E-state index contributed by atoms with van der Waals surface area (Å²) in [5.74, 6) is 2.01. The first-order valence-electron chi connectivity index (χ1n) is 9.37. The number of nitrogens with one attached hydrogen (secondary N) is 1. The number of hydrogen-bond acceptors (Lipinski definition) is 6. The molecule has 0 atom stereocenters. The molecule has 1 N–H and O–H groups in total. The summed E-state index contributed by atoms with van der Waals surface area (Å²) in [6, 6.07) is 0.627. The maximum atomic E-state index is 4.69. The number of aryl methyl sites for hydroxylation is 4. The van der Waals surface area contributed by atoms with E-state index in [4.69, 9.17) is 4.98 Å². The third-order valence-electron chi connectivity index (χ3n) is 4.80. The molecule has 3 rings (SSSR count). The SMILES string of the molecule is CCc1cnc(C)nc1N1CCC(NCCCc2nc(C)cs2)CC1. The van der Waals surface area contributed by atoms with Crippen LogP contribution in [-0.4, -0.2) is 40.6 Å². The molecule has 136 valence electrons. The first-order valence-corrected chi connectivity index (χ1v) is 10.3. The van der Waals surface area contributed by atoms with Gasteiger partial charge >= 0.3 is 0 Å². The zero-order valence-corrected chi connectivity index (χ0v) is 16.4. The normalized spacial score (nSPS) is 15.7. The van der Waals surface area contributed by atoms with Crippen molar-refractivity contribution in [2.75, 3.05) is 24.5 Å². The molecule has 1 aliphatic rings. The molecule has 2 aromatic heterocycles. The van der Waals surface area contributed by atoms with E-state index < -0.39 is 0 Å². The molecule has 6 heteroatoms. The summed E-state index contributed by atoms with van der Waals surface area (Å²) in [7, 11) is 0. The third kappa shape index (κ3) is 4.98. The lowest BCUT2D eigenvalue weighted by Crippen LogP contribution is -2.43. The molecule has 1 fully saturated rings. The Balaban J connectivity index is 1.42. The van der Waals surface area contributed by atoms with Crippen molar-refractivity contribution >= 4 is 17.2 Å². The third-order valence-corrected chi connectivity index (χ3v) is 5.83. The summed E-state index contributed by atoms with van der Waals surface area (Å²) < 4.78 is 0. The monoisotopic (exact) mass is 359 g/mol. The molecule has 2 aromatic rings. The van der Waals surface area contributed by atoms with Crippen LogP contribution < -0.4 is 10.2 Å². The fourth-order valence-electron chi connectivity index (χ4n) is 3.36. The molecule has 25 heavy (non-hydrogen) atoms. The maximum Gasteiger partial charge on any atom is 0.135 e. The van der Waals surface area contributed by atoms with Crippen molar-refractivity contribution in [3.8, 4) is 0 Å². The molecule has 0 radical (unpaired) electrons. The van der Waals surface area contributed by atoms with E-state index in [1.54, 1.807) is 11.3 Å². The van der Waals surface area contributed by atoms with Gasteiger partial charge in [0.2, 0.25) is 0 Å². The maximum absolute atomic E-state index is 4.69. The molecule has 0 bridgehead atoms. The first kappa shape index (κ1) is 18.3. The van der Waals surface area contributed by atoms with Crippen LogP contribution in [0.25, 0.3) is 0 Å². The minimum absolute atomic E-state index is 0.627. The molecule has 1 aliphatic heterocycles. The average Bonchev–Trinajstić information content (AvgIpc) is 3.04. The number of anilines is 1. The summed E-state index contributed by atoms with van der Waals surface area (Å²) in [5, 5.41) is 7.13. The standard InChI is InChI=1S/C19H29N5S/c1-4-16-12-21-15(3)23-19(16)24-10-7-17(8-11-24)20-9-5-6-18-22-14(2)13-25-18/h12-13,17,20H,4-11H2,1-3H3. The van der Waals surface area contributed by atoms with Crippen molar-refractivity contribution in [1.29, 1.82) is 0 Å². The highest BCUT2D eigenvalue weighted by Gasteiger charge is 2.21. The van der Waals surface area contributed by atoms with Gasteiger partial charge in [0.25, 0.3) is 0 Å². The minimum Gasteiger partial charge on any atom is -0.356 e. The Morgan fingerprint density at radius 3 is 2.72 bits per heavy atom. The second kappa shape index (κ2) is 8.72. The highest BCUT2D eigenvalue weighted by atomic mass is 32.1. The minimum atomic E-state index is 0.627. The van der Waals surface area contributed by atoms with E-state index in [0.29, 0.717) is 6.04 Å². The van der Waals surface area contributed by atoms with E-state index in [2.05, 4.69) is 39.4 Å². The highest BCUT2D eigenvalue weighted by molar-refractivity contribution is 7.09. The Hall–Kier alpha value is -1.53. The van der Waals surface area contributed by atoms with Crippen LogP contribution >= 0.6 is 11.3 Å². The van der Waals surface area contributed by atoms with Crippen LogP contribution in [0.15, 0.2) is 11.6 Å². The highest BCUT2D eigenvalue weighted by Crippen LogP contribution is 2.22. The van der Waals surface area contributed by atoms with E-state index in [9.17, 15) is 0 Å². The van der Waals surface area contributed by atoms with Crippen LogP contribution in [0, 0.1) is 13.8 Å². The van der Waals surface area contributed by atoms with Gasteiger partial charge in [-0.05, 0) is 46.1 Å². The Morgan fingerprint density at radius 1 is 1.24 bits per heavy atom. The zero-order valence-electron chi connectivity index (χ0n) is 15.6. The molecular formula is C19H29N5S. The van der Waals surface area contributed by atoms with Crippen molar-refractivity contribution in [2.45, 2.75) is 58.9 Å².